The second-order valence-corrected chi connectivity index (χ2v) is 7.82. The molecule has 0 spiro atoms. The number of guanidine groups is 1. The van der Waals surface area contributed by atoms with Gasteiger partial charge in [-0.25, -0.2) is 4.39 Å². The molecule has 4 nitrogen and oxygen atoms in total. The van der Waals surface area contributed by atoms with Gasteiger partial charge in [-0.05, 0) is 69.3 Å². The van der Waals surface area contributed by atoms with Crippen LogP contribution in [0, 0.1) is 11.7 Å². The summed E-state index contributed by atoms with van der Waals surface area (Å²) >= 11 is 0. The van der Waals surface area contributed by atoms with Gasteiger partial charge in [0.1, 0.15) is 5.82 Å². The van der Waals surface area contributed by atoms with Crippen LogP contribution in [0.15, 0.2) is 29.3 Å². The normalized spacial score (nSPS) is 22.4. The molecule has 2 N–H and O–H groups in total. The van der Waals surface area contributed by atoms with Crippen molar-refractivity contribution in [2.75, 3.05) is 39.3 Å². The molecule has 5 heteroatoms. The van der Waals surface area contributed by atoms with Crippen molar-refractivity contribution in [1.82, 2.24) is 15.5 Å². The molecule has 1 aromatic rings. The lowest BCUT2D eigenvalue weighted by atomic mass is 9.96. The van der Waals surface area contributed by atoms with Crippen molar-refractivity contribution in [3.05, 3.63) is 35.6 Å². The Kier molecular flexibility index (Phi) is 6.52. The zero-order chi connectivity index (χ0) is 18.4. The molecule has 1 heterocycles. The van der Waals surface area contributed by atoms with Gasteiger partial charge >= 0.3 is 0 Å². The number of likely N-dealkylation sites (tertiary alicyclic amines) is 1. The van der Waals surface area contributed by atoms with E-state index < -0.39 is 0 Å². The van der Waals surface area contributed by atoms with E-state index in [0.29, 0.717) is 5.92 Å². The molecule has 1 aliphatic carbocycles. The monoisotopic (exact) mass is 360 g/mol. The Morgan fingerprint density at radius 3 is 2.85 bits per heavy atom. The van der Waals surface area contributed by atoms with E-state index >= 15 is 0 Å². The molecule has 0 bridgehead atoms. The topological polar surface area (TPSA) is 39.7 Å². The molecule has 1 atom stereocenters. The molecule has 3 rings (SSSR count). The van der Waals surface area contributed by atoms with Crippen LogP contribution in [-0.4, -0.2) is 50.1 Å². The molecular weight excluding hydrogens is 327 g/mol. The van der Waals surface area contributed by atoms with Gasteiger partial charge in [0.25, 0.3) is 0 Å². The molecular formula is C21H33FN4. The van der Waals surface area contributed by atoms with Crippen molar-refractivity contribution in [3.8, 4) is 0 Å². The minimum Gasteiger partial charge on any atom is -0.357 e. The molecule has 1 saturated heterocycles. The molecule has 0 aromatic heterocycles. The van der Waals surface area contributed by atoms with E-state index in [9.17, 15) is 4.39 Å². The number of nitrogens with one attached hydrogen (secondary N) is 2. The van der Waals surface area contributed by atoms with Gasteiger partial charge in [0.05, 0.1) is 6.54 Å². The Morgan fingerprint density at radius 2 is 2.15 bits per heavy atom. The highest BCUT2D eigenvalue weighted by atomic mass is 19.1. The van der Waals surface area contributed by atoms with Gasteiger partial charge < -0.3 is 15.5 Å². The van der Waals surface area contributed by atoms with Crippen molar-refractivity contribution < 1.29 is 4.39 Å². The molecule has 1 aliphatic heterocycles. The number of aliphatic imine (C=N–C) groups is 1. The van der Waals surface area contributed by atoms with E-state index in [1.165, 1.54) is 38.5 Å². The van der Waals surface area contributed by atoms with Crippen LogP contribution in [0.4, 0.5) is 4.39 Å². The van der Waals surface area contributed by atoms with Crippen molar-refractivity contribution in [1.29, 1.82) is 0 Å². The smallest absolute Gasteiger partial charge is 0.191 e. The number of hydrogen-bond acceptors (Lipinski definition) is 2. The number of benzene rings is 1. The van der Waals surface area contributed by atoms with Crippen molar-refractivity contribution in [2.24, 2.45) is 10.9 Å². The predicted molar refractivity (Wildman–Crippen MR) is 106 cm³/mol. The van der Waals surface area contributed by atoms with Crippen molar-refractivity contribution >= 4 is 5.96 Å². The Labute approximate surface area is 157 Å². The highest BCUT2D eigenvalue weighted by molar-refractivity contribution is 5.79. The summed E-state index contributed by atoms with van der Waals surface area (Å²) < 4.78 is 13.6. The zero-order valence-electron chi connectivity index (χ0n) is 16.2. The quantitative estimate of drug-likeness (QED) is 0.553. The third-order valence-corrected chi connectivity index (χ3v) is 5.64. The fourth-order valence-electron chi connectivity index (χ4n) is 3.92. The summed E-state index contributed by atoms with van der Waals surface area (Å²) in [5.74, 6) is 1.44. The molecule has 2 aliphatic rings. The van der Waals surface area contributed by atoms with Crippen LogP contribution in [-0.2, 0) is 5.41 Å². The second-order valence-electron chi connectivity index (χ2n) is 7.82. The minimum atomic E-state index is -0.152. The van der Waals surface area contributed by atoms with Crippen molar-refractivity contribution in [2.45, 2.75) is 44.9 Å². The van der Waals surface area contributed by atoms with Gasteiger partial charge in [0.2, 0.25) is 0 Å². The van der Waals surface area contributed by atoms with Gasteiger partial charge in [-0.2, -0.15) is 0 Å². The first-order valence-electron chi connectivity index (χ1n) is 10.2. The summed E-state index contributed by atoms with van der Waals surface area (Å²) in [4.78, 5) is 7.38. The highest BCUT2D eigenvalue weighted by Crippen LogP contribution is 2.48. The summed E-state index contributed by atoms with van der Waals surface area (Å²) in [5, 5.41) is 6.88. The van der Waals surface area contributed by atoms with Crippen molar-refractivity contribution in [3.63, 3.8) is 0 Å². The maximum Gasteiger partial charge on any atom is 0.191 e. The lowest BCUT2D eigenvalue weighted by molar-refractivity contribution is 0.324. The third-order valence-electron chi connectivity index (χ3n) is 5.64. The third kappa shape index (κ3) is 4.97. The first-order chi connectivity index (χ1) is 12.6. The van der Waals surface area contributed by atoms with E-state index in [-0.39, 0.29) is 11.2 Å². The lowest BCUT2D eigenvalue weighted by Gasteiger charge is -2.18. The van der Waals surface area contributed by atoms with Crippen LogP contribution < -0.4 is 10.6 Å². The fourth-order valence-corrected chi connectivity index (χ4v) is 3.92. The average Bonchev–Trinajstić information content (AvgIpc) is 3.30. The van der Waals surface area contributed by atoms with Crippen LogP contribution in [0.3, 0.4) is 0 Å². The predicted octanol–water partition coefficient (Wildman–Crippen LogP) is 3.14. The van der Waals surface area contributed by atoms with Crippen LogP contribution >= 0.6 is 0 Å². The Bertz CT molecular complexity index is 612. The molecule has 0 radical (unpaired) electrons. The molecule has 144 valence electrons. The minimum absolute atomic E-state index is 0.0374. The van der Waals surface area contributed by atoms with Gasteiger partial charge in [-0.3, -0.25) is 4.99 Å². The Balaban J connectivity index is 1.54. The van der Waals surface area contributed by atoms with Gasteiger partial charge in [0, 0.05) is 25.0 Å². The van der Waals surface area contributed by atoms with Gasteiger partial charge in [0.15, 0.2) is 5.96 Å². The first-order valence-corrected chi connectivity index (χ1v) is 10.2. The van der Waals surface area contributed by atoms with E-state index in [2.05, 4.69) is 29.4 Å². The summed E-state index contributed by atoms with van der Waals surface area (Å²) in [6.07, 6.45) is 4.67. The first kappa shape index (κ1) is 19.2. The van der Waals surface area contributed by atoms with Crippen LogP contribution in [0.5, 0.6) is 0 Å². The largest absolute Gasteiger partial charge is 0.357 e. The highest BCUT2D eigenvalue weighted by Gasteiger charge is 2.44. The number of rotatable bonds is 8. The van der Waals surface area contributed by atoms with Crippen LogP contribution in [0.1, 0.15) is 45.1 Å². The van der Waals surface area contributed by atoms with E-state index in [1.807, 2.05) is 6.07 Å². The molecule has 0 amide bonds. The maximum atomic E-state index is 13.6. The number of hydrogen-bond donors (Lipinski definition) is 2. The zero-order valence-corrected chi connectivity index (χ0v) is 16.2. The second kappa shape index (κ2) is 8.85. The lowest BCUT2D eigenvalue weighted by Crippen LogP contribution is -2.40. The fraction of sp³-hybridized carbons (Fsp3) is 0.667. The SMILES string of the molecule is CCCN1CCC(CNC(=NCC2(c3cccc(F)c3)CC2)NCC)C1. The maximum absolute atomic E-state index is 13.6. The number of nitrogens with zero attached hydrogens (tertiary/aromatic N) is 2. The summed E-state index contributed by atoms with van der Waals surface area (Å²) in [6, 6.07) is 7.02. The van der Waals surface area contributed by atoms with E-state index in [0.717, 1.165) is 44.0 Å². The molecule has 1 saturated carbocycles. The molecule has 26 heavy (non-hydrogen) atoms. The molecule has 1 aromatic carbocycles. The van der Waals surface area contributed by atoms with E-state index in [1.54, 1.807) is 12.1 Å². The summed E-state index contributed by atoms with van der Waals surface area (Å²) in [7, 11) is 0. The Morgan fingerprint density at radius 1 is 1.31 bits per heavy atom. The van der Waals surface area contributed by atoms with Gasteiger partial charge in [-0.15, -0.1) is 0 Å². The molecule has 1 unspecified atom stereocenters. The van der Waals surface area contributed by atoms with Crippen LogP contribution in [0.2, 0.25) is 0 Å². The summed E-state index contributed by atoms with van der Waals surface area (Å²) in [6.45, 7) is 10.5. The summed E-state index contributed by atoms with van der Waals surface area (Å²) in [5.41, 5.74) is 1.12. The average molecular weight is 361 g/mol. The number of halogens is 1. The Hall–Kier alpha value is -1.62. The van der Waals surface area contributed by atoms with Gasteiger partial charge in [-0.1, -0.05) is 19.1 Å². The van der Waals surface area contributed by atoms with E-state index in [4.69, 9.17) is 4.99 Å². The van der Waals surface area contributed by atoms with Crippen LogP contribution in [0.25, 0.3) is 0 Å². The standard InChI is InChI=1S/C21H33FN4/c1-3-11-26-12-8-17(15-26)14-24-20(23-4-2)25-16-21(9-10-21)18-6-5-7-19(22)13-18/h5-7,13,17H,3-4,8-12,14-16H2,1-2H3,(H2,23,24,25). The molecule has 2 fully saturated rings.